The molecule has 0 amide bonds. The Morgan fingerprint density at radius 3 is 3.09 bits per heavy atom. The van der Waals surface area contributed by atoms with Crippen molar-refractivity contribution in [2.45, 2.75) is 0 Å². The van der Waals surface area contributed by atoms with Crippen LogP contribution in [0.1, 0.15) is 0 Å². The van der Waals surface area contributed by atoms with Crippen molar-refractivity contribution in [3.05, 3.63) is 29.9 Å². The molecule has 4 heteroatoms. The van der Waals surface area contributed by atoms with Crippen LogP contribution in [0.25, 0.3) is 10.7 Å². The van der Waals surface area contributed by atoms with Gasteiger partial charge in [0.05, 0.1) is 0 Å². The minimum atomic E-state index is 0.804. The van der Waals surface area contributed by atoms with E-state index >= 15 is 0 Å². The summed E-state index contributed by atoms with van der Waals surface area (Å²) < 4.78 is 0. The van der Waals surface area contributed by atoms with E-state index in [1.807, 2.05) is 11.4 Å². The molecule has 11 heavy (non-hydrogen) atoms. The summed E-state index contributed by atoms with van der Waals surface area (Å²) in [7, 11) is 0. The average molecular weight is 162 g/mol. The molecule has 0 spiro atoms. The first-order valence-corrected chi connectivity index (χ1v) is 3.94. The zero-order valence-corrected chi connectivity index (χ0v) is 6.38. The van der Waals surface area contributed by atoms with E-state index < -0.39 is 0 Å². The third kappa shape index (κ3) is 1.25. The maximum absolute atomic E-state index is 4.09. The van der Waals surface area contributed by atoms with Gasteiger partial charge in [0, 0.05) is 11.6 Å². The molecule has 0 aliphatic heterocycles. The third-order valence-corrected chi connectivity index (χ3v) is 1.98. The fraction of sp³-hybridized carbons (Fsp3) is 0. The van der Waals surface area contributed by atoms with Gasteiger partial charge in [-0.2, -0.15) is 0 Å². The summed E-state index contributed by atoms with van der Waals surface area (Å²) in [4.78, 5) is 4.09. The number of thiazole rings is 1. The van der Waals surface area contributed by atoms with Crippen LogP contribution in [0.3, 0.4) is 0 Å². The molecule has 2 rings (SSSR count). The van der Waals surface area contributed by atoms with Crippen molar-refractivity contribution in [2.24, 2.45) is 0 Å². The van der Waals surface area contributed by atoms with Crippen LogP contribution < -0.4 is 0 Å². The van der Waals surface area contributed by atoms with Crippen LogP contribution in [0.2, 0.25) is 0 Å². The van der Waals surface area contributed by atoms with Gasteiger partial charge in [0.15, 0.2) is 0 Å². The Morgan fingerprint density at radius 1 is 1.45 bits per heavy atom. The highest BCUT2D eigenvalue weighted by molar-refractivity contribution is 7.13. The Balaban J connectivity index is 2.46. The lowest BCUT2D eigenvalue weighted by Crippen LogP contribution is -1.83. The Kier molecular flexibility index (Phi) is 1.61. The maximum atomic E-state index is 4.09. The first kappa shape index (κ1) is 6.42. The van der Waals surface area contributed by atoms with Gasteiger partial charge < -0.3 is 0 Å². The topological polar surface area (TPSA) is 38.7 Å². The van der Waals surface area contributed by atoms with Crippen molar-refractivity contribution in [1.82, 2.24) is 15.2 Å². The summed E-state index contributed by atoms with van der Waals surface area (Å²) in [6.45, 7) is 0. The van der Waals surface area contributed by atoms with Gasteiger partial charge in [0.2, 0.25) is 0 Å². The summed E-state index contributed by atoms with van der Waals surface area (Å²) in [6.07, 6.45) is 4.36. The molecule has 0 bridgehead atoms. The van der Waals surface area contributed by atoms with E-state index in [1.54, 1.807) is 23.6 Å². The second-order valence-electron chi connectivity index (χ2n) is 1.88. The van der Waals surface area contributed by atoms with Gasteiger partial charge in [-0.1, -0.05) is 0 Å². The molecule has 0 atom stereocenters. The quantitative estimate of drug-likeness (QED) is 0.636. The molecular weight excluding hydrogens is 158 g/mol. The molecule has 3 nitrogen and oxygen atoms in total. The molecule has 0 unspecified atom stereocenters. The normalized spacial score (nSPS) is 9.82. The lowest BCUT2D eigenvalue weighted by atomic mass is 10.4. The van der Waals surface area contributed by atoms with E-state index in [4.69, 9.17) is 0 Å². The summed E-state index contributed by atoms with van der Waals surface area (Å²) in [5.41, 5.74) is 0.804. The number of hydrogen-bond acceptors (Lipinski definition) is 4. The van der Waals surface area contributed by atoms with E-state index in [-0.39, 0.29) is 0 Å². The molecule has 0 saturated heterocycles. The van der Waals surface area contributed by atoms with E-state index in [1.165, 1.54) is 0 Å². The molecule has 0 N–H and O–H groups in total. The van der Waals surface area contributed by atoms with Crippen molar-refractivity contribution in [3.63, 3.8) is 0 Å². The smallest absolute Gasteiger partial charge is 0.143 e. The molecule has 2 aromatic rings. The van der Waals surface area contributed by atoms with Crippen LogP contribution in [0.5, 0.6) is 0 Å². The summed E-state index contributed by atoms with van der Waals surface area (Å²) in [6, 6.07) is 3.57. The molecule has 2 heterocycles. The fourth-order valence-corrected chi connectivity index (χ4v) is 1.33. The summed E-state index contributed by atoms with van der Waals surface area (Å²) >= 11 is 1.55. The zero-order chi connectivity index (χ0) is 7.52. The van der Waals surface area contributed by atoms with E-state index in [0.717, 1.165) is 10.7 Å². The minimum absolute atomic E-state index is 0.804. The van der Waals surface area contributed by atoms with Crippen LogP contribution in [0.15, 0.2) is 23.7 Å². The first-order valence-electron chi connectivity index (χ1n) is 3.06. The van der Waals surface area contributed by atoms with Gasteiger partial charge in [-0.15, -0.1) is 21.5 Å². The van der Waals surface area contributed by atoms with Crippen LogP contribution >= 0.6 is 11.3 Å². The highest BCUT2D eigenvalue weighted by Crippen LogP contribution is 2.16. The molecule has 0 fully saturated rings. The predicted molar refractivity (Wildman–Crippen MR) is 42.0 cm³/mol. The Labute approximate surface area is 67.8 Å². The van der Waals surface area contributed by atoms with Crippen LogP contribution in [-0.4, -0.2) is 15.2 Å². The second kappa shape index (κ2) is 2.75. The van der Waals surface area contributed by atoms with Crippen molar-refractivity contribution >= 4 is 11.3 Å². The molecule has 0 aromatic carbocycles. The third-order valence-electron chi connectivity index (χ3n) is 1.18. The minimum Gasteiger partial charge on any atom is -0.243 e. The number of hydrogen-bond donors (Lipinski definition) is 0. The summed E-state index contributed by atoms with van der Waals surface area (Å²) in [5, 5.41) is 10.3. The van der Waals surface area contributed by atoms with Crippen LogP contribution in [0.4, 0.5) is 0 Å². The molecule has 1 radical (unpaired) electrons. The zero-order valence-electron chi connectivity index (χ0n) is 5.56. The monoisotopic (exact) mass is 162 g/mol. The SMILES string of the molecule is [c]1ccc(-c2nccs2)nn1. The summed E-state index contributed by atoms with van der Waals surface area (Å²) in [5.74, 6) is 0. The lowest BCUT2D eigenvalue weighted by Gasteiger charge is -1.88. The highest BCUT2D eigenvalue weighted by atomic mass is 32.1. The molecule has 2 aromatic heterocycles. The van der Waals surface area contributed by atoms with Crippen LogP contribution in [-0.2, 0) is 0 Å². The van der Waals surface area contributed by atoms with E-state index in [0.29, 0.717) is 0 Å². The van der Waals surface area contributed by atoms with Crippen molar-refractivity contribution in [1.29, 1.82) is 0 Å². The average Bonchev–Trinajstić information content (AvgIpc) is 2.58. The van der Waals surface area contributed by atoms with Gasteiger partial charge in [0.1, 0.15) is 16.9 Å². The Bertz CT molecular complexity index is 317. The fourth-order valence-electron chi connectivity index (χ4n) is 0.730. The van der Waals surface area contributed by atoms with Gasteiger partial charge in [-0.05, 0) is 12.1 Å². The first-order chi connectivity index (χ1) is 5.47. The Hall–Kier alpha value is -1.29. The van der Waals surface area contributed by atoms with Gasteiger partial charge >= 0.3 is 0 Å². The van der Waals surface area contributed by atoms with E-state index in [9.17, 15) is 0 Å². The standard InChI is InChI=1S/C7H4N3S/c1-2-6(10-9-3-1)7-8-4-5-11-7/h1-2,4-5H. The molecule has 53 valence electrons. The van der Waals surface area contributed by atoms with Gasteiger partial charge in [0.25, 0.3) is 0 Å². The maximum Gasteiger partial charge on any atom is 0.143 e. The number of aromatic nitrogens is 3. The predicted octanol–water partition coefficient (Wildman–Crippen LogP) is 1.40. The largest absolute Gasteiger partial charge is 0.243 e. The van der Waals surface area contributed by atoms with Crippen molar-refractivity contribution in [2.75, 3.05) is 0 Å². The van der Waals surface area contributed by atoms with Gasteiger partial charge in [-0.25, -0.2) is 4.98 Å². The number of rotatable bonds is 1. The molecule has 0 aliphatic carbocycles. The molecular formula is C7H4N3S. The lowest BCUT2D eigenvalue weighted by molar-refractivity contribution is 1.03. The molecule has 0 saturated carbocycles. The van der Waals surface area contributed by atoms with E-state index in [2.05, 4.69) is 21.4 Å². The van der Waals surface area contributed by atoms with Crippen LogP contribution in [0, 0.1) is 6.20 Å². The number of nitrogens with zero attached hydrogens (tertiary/aromatic N) is 3. The van der Waals surface area contributed by atoms with Gasteiger partial charge in [-0.3, -0.25) is 0 Å². The second-order valence-corrected chi connectivity index (χ2v) is 2.78. The van der Waals surface area contributed by atoms with Crippen molar-refractivity contribution in [3.8, 4) is 10.7 Å². The van der Waals surface area contributed by atoms with Crippen molar-refractivity contribution < 1.29 is 0 Å². The Morgan fingerprint density at radius 2 is 2.45 bits per heavy atom. The molecule has 0 aliphatic rings. The highest BCUT2D eigenvalue weighted by Gasteiger charge is 1.99.